The quantitative estimate of drug-likeness (QED) is 0.178. The van der Waals surface area contributed by atoms with E-state index in [1.807, 2.05) is 111 Å². The van der Waals surface area contributed by atoms with Crippen molar-refractivity contribution in [2.24, 2.45) is 11.8 Å². The van der Waals surface area contributed by atoms with E-state index in [2.05, 4.69) is 40.2 Å². The topological polar surface area (TPSA) is 54.5 Å². The highest BCUT2D eigenvalue weighted by Crippen LogP contribution is 2.74. The van der Waals surface area contributed by atoms with Gasteiger partial charge in [0.05, 0.1) is 28.4 Å². The van der Waals surface area contributed by atoms with Crippen LogP contribution in [0.3, 0.4) is 0 Å². The highest BCUT2D eigenvalue weighted by Gasteiger charge is 2.82. The van der Waals surface area contributed by atoms with Crippen molar-refractivity contribution in [1.82, 2.24) is 0 Å². The second kappa shape index (κ2) is 10.3. The van der Waals surface area contributed by atoms with Crippen LogP contribution < -0.4 is 4.90 Å². The Labute approximate surface area is 276 Å². The van der Waals surface area contributed by atoms with E-state index in [0.29, 0.717) is 5.69 Å². The van der Waals surface area contributed by atoms with Crippen LogP contribution in [0.4, 0.5) is 5.69 Å². The summed E-state index contributed by atoms with van der Waals surface area (Å²) < 4.78 is 0.845. The molecule has 8 rings (SSSR count). The van der Waals surface area contributed by atoms with E-state index in [0.717, 1.165) is 49.0 Å². The van der Waals surface area contributed by atoms with Gasteiger partial charge in [0.15, 0.2) is 5.78 Å². The molecule has 3 aliphatic rings. The molecule has 1 saturated carbocycles. The van der Waals surface area contributed by atoms with Crippen LogP contribution in [0.2, 0.25) is 0 Å². The lowest BCUT2D eigenvalue weighted by Crippen LogP contribution is -2.45. The van der Waals surface area contributed by atoms with Crippen LogP contribution in [0.5, 0.6) is 0 Å². The van der Waals surface area contributed by atoms with Gasteiger partial charge in [0.1, 0.15) is 0 Å². The van der Waals surface area contributed by atoms with Crippen LogP contribution in [0.25, 0.3) is 11.1 Å². The number of amides is 2. The Kier molecular flexibility index (Phi) is 6.42. The molecule has 0 radical (unpaired) electrons. The fraction of sp³-hybridized carbons (Fsp3) is 0.146. The molecule has 5 aromatic rings. The van der Waals surface area contributed by atoms with Gasteiger partial charge in [-0.2, -0.15) is 0 Å². The SMILES string of the molecule is Cc1ccc(C2=C(c3ccc(C)cc3)[C@@]3(c4ccccc4)C(=O)[C@@]2(c2ccccc2)[C@H]2C(=O)N(c4ccc(Br)cc4)C(=O)[C@@H]23)cc1. The Morgan fingerprint density at radius 2 is 0.913 bits per heavy atom. The molecule has 0 unspecified atom stereocenters. The number of anilines is 1. The lowest BCUT2D eigenvalue weighted by atomic mass is 9.59. The summed E-state index contributed by atoms with van der Waals surface area (Å²) in [7, 11) is 0. The maximum atomic E-state index is 15.9. The molecule has 4 atom stereocenters. The molecule has 1 aliphatic heterocycles. The van der Waals surface area contributed by atoms with Gasteiger partial charge in [-0.1, -0.05) is 136 Å². The number of carbonyl (C=O) groups is 3. The Morgan fingerprint density at radius 3 is 1.30 bits per heavy atom. The molecule has 0 spiro atoms. The molecule has 2 bridgehead atoms. The van der Waals surface area contributed by atoms with Crippen molar-refractivity contribution in [1.29, 1.82) is 0 Å². The van der Waals surface area contributed by atoms with Crippen molar-refractivity contribution in [2.75, 3.05) is 4.90 Å². The number of hydrogen-bond donors (Lipinski definition) is 0. The van der Waals surface area contributed by atoms with E-state index >= 15 is 14.4 Å². The number of ketones is 1. The van der Waals surface area contributed by atoms with Gasteiger partial charge in [0.2, 0.25) is 11.8 Å². The van der Waals surface area contributed by atoms with Crippen molar-refractivity contribution < 1.29 is 14.4 Å². The van der Waals surface area contributed by atoms with Crippen LogP contribution in [0.1, 0.15) is 33.4 Å². The molecule has 1 heterocycles. The van der Waals surface area contributed by atoms with Gasteiger partial charge in [0, 0.05) is 4.47 Å². The molecule has 1 saturated heterocycles. The number of nitrogens with zero attached hydrogens (tertiary/aromatic N) is 1. The molecule has 0 aromatic heterocycles. The maximum Gasteiger partial charge on any atom is 0.239 e. The third-order valence-electron chi connectivity index (χ3n) is 10.2. The summed E-state index contributed by atoms with van der Waals surface area (Å²) in [6.07, 6.45) is 0. The van der Waals surface area contributed by atoms with Crippen molar-refractivity contribution in [3.63, 3.8) is 0 Å². The summed E-state index contributed by atoms with van der Waals surface area (Å²) in [5.74, 6) is -2.69. The largest absolute Gasteiger partial charge is 0.297 e. The van der Waals surface area contributed by atoms with Crippen LogP contribution in [-0.2, 0) is 25.2 Å². The Balaban J connectivity index is 1.55. The Morgan fingerprint density at radius 1 is 0.522 bits per heavy atom. The van der Waals surface area contributed by atoms with Gasteiger partial charge >= 0.3 is 0 Å². The number of halogens is 1. The average Bonchev–Trinajstić information content (AvgIpc) is 3.59. The molecular formula is C41H30BrNO3. The van der Waals surface area contributed by atoms with E-state index < -0.39 is 22.7 Å². The molecule has 224 valence electrons. The zero-order chi connectivity index (χ0) is 31.8. The number of Topliss-reactive ketones (excluding diaryl/α,β-unsaturated/α-hetero) is 1. The summed E-state index contributed by atoms with van der Waals surface area (Å²) in [5.41, 5.74) is 4.67. The summed E-state index contributed by atoms with van der Waals surface area (Å²) in [6.45, 7) is 4.07. The molecule has 4 nitrogen and oxygen atoms in total. The van der Waals surface area contributed by atoms with E-state index in [4.69, 9.17) is 0 Å². The van der Waals surface area contributed by atoms with E-state index in [-0.39, 0.29) is 17.6 Å². The lowest BCUT2D eigenvalue weighted by Gasteiger charge is -2.39. The fourth-order valence-corrected chi connectivity index (χ4v) is 8.67. The summed E-state index contributed by atoms with van der Waals surface area (Å²) in [6, 6.07) is 42.9. The van der Waals surface area contributed by atoms with Crippen molar-refractivity contribution in [3.8, 4) is 0 Å². The number of rotatable bonds is 5. The van der Waals surface area contributed by atoms with E-state index in [9.17, 15) is 0 Å². The number of imide groups is 1. The number of aryl methyl sites for hydroxylation is 2. The molecule has 5 heteroatoms. The third kappa shape index (κ3) is 3.63. The lowest BCUT2D eigenvalue weighted by molar-refractivity contribution is -0.130. The molecule has 2 amide bonds. The molecule has 2 aliphatic carbocycles. The highest BCUT2D eigenvalue weighted by atomic mass is 79.9. The summed E-state index contributed by atoms with van der Waals surface area (Å²) in [5, 5.41) is 0. The minimum Gasteiger partial charge on any atom is -0.297 e. The molecule has 2 fully saturated rings. The second-order valence-electron chi connectivity index (χ2n) is 12.6. The minimum absolute atomic E-state index is 0.115. The molecule has 46 heavy (non-hydrogen) atoms. The van der Waals surface area contributed by atoms with Crippen molar-refractivity contribution >= 4 is 50.4 Å². The monoisotopic (exact) mass is 663 g/mol. The number of benzene rings is 5. The molecule has 5 aromatic carbocycles. The minimum atomic E-state index is -1.41. The van der Waals surface area contributed by atoms with Crippen LogP contribution in [-0.4, -0.2) is 17.6 Å². The van der Waals surface area contributed by atoms with Gasteiger partial charge in [-0.05, 0) is 71.5 Å². The van der Waals surface area contributed by atoms with E-state index in [1.165, 1.54) is 4.90 Å². The number of allylic oxidation sites excluding steroid dienone is 2. The number of fused-ring (bicyclic) bond motifs is 5. The molecular weight excluding hydrogens is 634 g/mol. The molecule has 0 N–H and O–H groups in total. The average molecular weight is 665 g/mol. The van der Waals surface area contributed by atoms with E-state index in [1.54, 1.807) is 12.1 Å². The number of hydrogen-bond acceptors (Lipinski definition) is 3. The zero-order valence-electron chi connectivity index (χ0n) is 25.4. The first-order valence-corrected chi connectivity index (χ1v) is 16.3. The zero-order valence-corrected chi connectivity index (χ0v) is 27.0. The second-order valence-corrected chi connectivity index (χ2v) is 13.5. The highest BCUT2D eigenvalue weighted by molar-refractivity contribution is 9.10. The Bertz CT molecular complexity index is 1940. The fourth-order valence-electron chi connectivity index (χ4n) is 8.41. The van der Waals surface area contributed by atoms with Crippen molar-refractivity contribution in [2.45, 2.75) is 24.7 Å². The first-order valence-electron chi connectivity index (χ1n) is 15.5. The first-order chi connectivity index (χ1) is 22.3. The summed E-state index contributed by atoms with van der Waals surface area (Å²) in [4.78, 5) is 47.3. The Hall–Kier alpha value is -4.87. The van der Waals surface area contributed by atoms with Crippen LogP contribution in [0, 0.1) is 25.7 Å². The van der Waals surface area contributed by atoms with Gasteiger partial charge in [-0.15, -0.1) is 0 Å². The van der Waals surface area contributed by atoms with Crippen molar-refractivity contribution in [3.05, 3.63) is 171 Å². The van der Waals surface area contributed by atoms with Gasteiger partial charge in [-0.25, -0.2) is 4.90 Å². The van der Waals surface area contributed by atoms with Crippen LogP contribution >= 0.6 is 15.9 Å². The van der Waals surface area contributed by atoms with Gasteiger partial charge in [-0.3, -0.25) is 14.4 Å². The summed E-state index contributed by atoms with van der Waals surface area (Å²) >= 11 is 3.49. The van der Waals surface area contributed by atoms with Gasteiger partial charge in [0.25, 0.3) is 0 Å². The normalized spacial score (nSPS) is 25.0. The number of carbonyl (C=O) groups excluding carboxylic acids is 3. The standard InChI is InChI=1S/C41H30BrNO3/c1-25-13-17-27(18-14-25)33-34(28-19-15-26(2)16-20-28)41(30-11-7-4-8-12-30)36-35(40(33,39(41)46)29-9-5-3-6-10-29)37(44)43(38(36)45)32-23-21-31(42)22-24-32/h3-24,35-36H,1-2H3/t35-,36-,40-,41-/m1/s1. The predicted octanol–water partition coefficient (Wildman–Crippen LogP) is 8.25. The van der Waals surface area contributed by atoms with Gasteiger partial charge < -0.3 is 0 Å². The maximum absolute atomic E-state index is 15.9. The predicted molar refractivity (Wildman–Crippen MR) is 184 cm³/mol. The first kappa shape index (κ1) is 28.6. The van der Waals surface area contributed by atoms with Crippen LogP contribution in [0.15, 0.2) is 138 Å². The third-order valence-corrected chi connectivity index (χ3v) is 10.7. The smallest absolute Gasteiger partial charge is 0.239 e.